The molecule has 34 heteroatoms. The van der Waals surface area contributed by atoms with Crippen LogP contribution in [0.1, 0.15) is 106 Å². The molecule has 3 saturated carbocycles. The lowest BCUT2D eigenvalue weighted by molar-refractivity contribution is -0.388. The highest BCUT2D eigenvalue weighted by Gasteiger charge is 2.79. The number of ketones is 1. The van der Waals surface area contributed by atoms with E-state index in [1.165, 1.54) is 12.5 Å². The summed E-state index contributed by atoms with van der Waals surface area (Å²) in [7, 11) is -9.43. The second-order valence-corrected chi connectivity index (χ2v) is 29.7. The first-order chi connectivity index (χ1) is 40.7. The highest BCUT2D eigenvalue weighted by molar-refractivity contribution is 8.15. The number of hydrogen-bond acceptors (Lipinski definition) is 29. The van der Waals surface area contributed by atoms with Crippen molar-refractivity contribution >= 4 is 43.7 Å². The molecule has 0 aromatic heterocycles. The Morgan fingerprint density at radius 1 is 0.693 bits per heavy atom. The predicted octanol–water partition coefficient (Wildman–Crippen LogP) is 0.608. The molecule has 8 fully saturated rings. The van der Waals surface area contributed by atoms with Crippen molar-refractivity contribution in [3.63, 3.8) is 0 Å². The third-order valence-corrected chi connectivity index (χ3v) is 21.9. The molecule has 5 saturated heterocycles. The lowest BCUT2D eigenvalue weighted by Gasteiger charge is -2.63. The number of Topliss-reactive ketones (excluding diaryl/α,β-unsaturated/α-hetero) is 1. The highest BCUT2D eigenvalue weighted by atomic mass is 32.3. The van der Waals surface area contributed by atoms with Gasteiger partial charge in [0.05, 0.1) is 43.4 Å². The van der Waals surface area contributed by atoms with Gasteiger partial charge in [0.2, 0.25) is 11.2 Å². The number of cyclic esters (lactones) is 1. The fourth-order valence-electron chi connectivity index (χ4n) is 16.3. The van der Waals surface area contributed by atoms with E-state index in [0.29, 0.717) is 38.5 Å². The van der Waals surface area contributed by atoms with E-state index >= 15 is 0 Å². The summed E-state index contributed by atoms with van der Waals surface area (Å²) < 4.78 is 168. The Balaban J connectivity index is 0.913. The van der Waals surface area contributed by atoms with Crippen molar-refractivity contribution in [3.8, 4) is 0 Å². The Kier molecular flexibility index (Phi) is 20.4. The van der Waals surface area contributed by atoms with Gasteiger partial charge < -0.3 is 83.1 Å². The zero-order valence-corrected chi connectivity index (χ0v) is 52.3. The molecule has 9 rings (SSSR count). The van der Waals surface area contributed by atoms with Crippen LogP contribution >= 0.6 is 11.2 Å². The average molecular weight is 1330 g/mol. The van der Waals surface area contributed by atoms with Gasteiger partial charge in [-0.05, 0) is 100 Å². The van der Waals surface area contributed by atoms with Gasteiger partial charge in [0.1, 0.15) is 96.8 Å². The summed E-state index contributed by atoms with van der Waals surface area (Å²) in [6, 6.07) is 0. The van der Waals surface area contributed by atoms with Gasteiger partial charge in [-0.3, -0.25) is 36.5 Å². The van der Waals surface area contributed by atoms with E-state index in [1.807, 2.05) is 27.7 Å². The summed E-state index contributed by atoms with van der Waals surface area (Å²) >= 11 is -4.62. The number of carbonyl (C=O) groups excluding carboxylic acids is 2. The Labute approximate surface area is 511 Å². The Morgan fingerprint density at radius 3 is 1.89 bits per heavy atom. The van der Waals surface area contributed by atoms with Crippen molar-refractivity contribution in [1.82, 2.24) is 0 Å². The molecule has 0 aromatic rings. The van der Waals surface area contributed by atoms with E-state index in [0.717, 1.165) is 25.5 Å². The van der Waals surface area contributed by atoms with E-state index in [2.05, 4.69) is 34.9 Å². The van der Waals surface area contributed by atoms with E-state index < -0.39 is 208 Å². The lowest BCUT2D eigenvalue weighted by atomic mass is 9.41. The third-order valence-electron chi connectivity index (χ3n) is 20.5. The quantitative estimate of drug-likeness (QED) is 0.0324. The first kappa shape index (κ1) is 70.2. The van der Waals surface area contributed by atoms with E-state index in [-0.39, 0.29) is 30.0 Å². The molecule has 12 N–H and O–H groups in total. The van der Waals surface area contributed by atoms with Gasteiger partial charge in [-0.15, -0.1) is 6.58 Å². The summed E-state index contributed by atoms with van der Waals surface area (Å²) in [5, 5.41) is 80.3. The SMILES string of the molecule is C=C(C)CCC[C@]1(C)OC(=O)[C@]23CC=C4[C@@H](CC[C@H]5C(C)(C)[C@@H](O[C@@H]6OC[C@@H](OS(=O)(=O)O)[C@H](O)[C@H]6O[C@@H]6O[C@H](C)[C@@H](O[C@@H]7O[C@H](COS(=O)(=O)O)[C@@H](O)[C@H](O[C@@H]8O[C@H](COS(O)(O)O)[C@@H](O)[C@H](OC)[C@H]8O)[C@H]7O)[C@H](O)[C@H]6O)CC[C@]45C)[C@]2(C)CC(=O)[C@@H]31. The third kappa shape index (κ3) is 13.2. The van der Waals surface area contributed by atoms with Crippen LogP contribution in [0.15, 0.2) is 23.8 Å². The molecule has 5 aliphatic heterocycles. The van der Waals surface area contributed by atoms with Gasteiger partial charge >= 0.3 is 26.8 Å². The van der Waals surface area contributed by atoms with Crippen molar-refractivity contribution in [2.75, 3.05) is 26.9 Å². The van der Waals surface area contributed by atoms with Crippen LogP contribution in [0, 0.1) is 39.4 Å². The minimum atomic E-state index is -5.24. The molecule has 9 aliphatic rings. The van der Waals surface area contributed by atoms with Crippen molar-refractivity contribution < 1.29 is 145 Å². The molecule has 27 atom stereocenters. The summed E-state index contributed by atoms with van der Waals surface area (Å²) in [5.74, 6) is -1.06. The number of carbonyl (C=O) groups is 2. The van der Waals surface area contributed by atoms with Gasteiger partial charge in [-0.2, -0.15) is 16.8 Å². The van der Waals surface area contributed by atoms with Crippen molar-refractivity contribution in [2.24, 2.45) is 39.4 Å². The predicted molar refractivity (Wildman–Crippen MR) is 296 cm³/mol. The Morgan fingerprint density at radius 2 is 1.28 bits per heavy atom. The molecule has 4 aliphatic carbocycles. The number of ether oxygens (including phenoxy) is 10. The van der Waals surface area contributed by atoms with Crippen molar-refractivity contribution in [3.05, 3.63) is 23.8 Å². The maximum Gasteiger partial charge on any atom is 0.397 e. The monoisotopic (exact) mass is 1330 g/mol. The van der Waals surface area contributed by atoms with Crippen LogP contribution in [0.25, 0.3) is 0 Å². The Bertz CT molecular complexity index is 2820. The number of rotatable bonds is 21. The van der Waals surface area contributed by atoms with Crippen LogP contribution in [0.2, 0.25) is 0 Å². The topological polar surface area (TPSA) is 465 Å². The minimum Gasteiger partial charge on any atom is -0.458 e. The number of aliphatic hydroxyl groups excluding tert-OH is 7. The molecule has 0 aromatic carbocycles. The van der Waals surface area contributed by atoms with Crippen molar-refractivity contribution in [2.45, 2.75) is 235 Å². The first-order valence-corrected chi connectivity index (χ1v) is 33.4. The summed E-state index contributed by atoms with van der Waals surface area (Å²) in [5.41, 5.74) is -1.64. The number of aliphatic hydroxyl groups is 7. The van der Waals surface area contributed by atoms with E-state index in [1.54, 1.807) is 0 Å². The summed E-state index contributed by atoms with van der Waals surface area (Å²) in [6.07, 6.45) is -29.9. The second kappa shape index (κ2) is 25.6. The van der Waals surface area contributed by atoms with Gasteiger partial charge in [-0.1, -0.05) is 44.9 Å². The molecule has 88 heavy (non-hydrogen) atoms. The molecule has 0 bridgehead atoms. The van der Waals surface area contributed by atoms with E-state index in [9.17, 15) is 84.9 Å². The van der Waals surface area contributed by atoms with Crippen LogP contribution in [0.3, 0.4) is 0 Å². The molecule has 0 amide bonds. The second-order valence-electron chi connectivity index (χ2n) is 26.4. The standard InChI is InChI=1S/C54H86O31S3/c1-23(2)11-10-16-53(8)44-27(55)19-52(7)26-12-13-31-50(4,5)32(15-17-51(31,6)25(26)14-18-54(44,52)49(63)84-53)80-48-43(35(58)30(20-74-48)85-88(70,71)72)83-45-37(60)36(59)40(24(3)77-45)81-47-39(62)42(34(57)29(79-47)22-76-87(67,68)69)82-46-38(61)41(73-9)33(56)28(78-46)21-75-86(64,65)66/h14,24,26,28-48,56-62,64-66H,1,10-13,15-22H2,2-9H3,(H,67,68,69)(H,70,71,72)/t24-,26-,28-,29-,30-,31+,32+,33-,34-,35+,36-,37-,38-,39-,40-,41+,42+,43-,44-,45+,46+,47+,48+,51-,52+,53+,54-/m1/s1. The number of esters is 1. The normalized spacial score (nSPS) is 47.3. The molecule has 0 radical (unpaired) electrons. The summed E-state index contributed by atoms with van der Waals surface area (Å²) in [4.78, 5) is 28.8. The van der Waals surface area contributed by atoms with Crippen LogP contribution in [0.4, 0.5) is 0 Å². The number of methoxy groups -OCH3 is 1. The van der Waals surface area contributed by atoms with Crippen LogP contribution in [-0.2, 0) is 90.3 Å². The minimum absolute atomic E-state index is 0.0397. The fourth-order valence-corrected chi connectivity index (χ4v) is 17.5. The van der Waals surface area contributed by atoms with Gasteiger partial charge in [-0.25, -0.2) is 8.37 Å². The van der Waals surface area contributed by atoms with E-state index in [4.69, 9.17) is 51.6 Å². The maximum atomic E-state index is 14.4. The number of hydrogen-bond donors (Lipinski definition) is 12. The van der Waals surface area contributed by atoms with Gasteiger partial charge in [0.15, 0.2) is 25.2 Å². The fraction of sp³-hybridized carbons (Fsp3) is 0.889. The first-order valence-electron chi connectivity index (χ1n) is 29.2. The molecule has 5 heterocycles. The van der Waals surface area contributed by atoms with Crippen LogP contribution in [0.5, 0.6) is 0 Å². The molecule has 1 spiro atoms. The van der Waals surface area contributed by atoms with Gasteiger partial charge in [0.25, 0.3) is 0 Å². The molecular weight excluding hydrogens is 1240 g/mol. The molecule has 0 unspecified atom stereocenters. The number of fused-ring (bicyclic) bond motifs is 4. The molecule has 31 nitrogen and oxygen atoms in total. The average Bonchev–Trinajstić information content (AvgIpc) is 1.44. The van der Waals surface area contributed by atoms with Crippen molar-refractivity contribution in [1.29, 1.82) is 0 Å². The lowest BCUT2D eigenvalue weighted by Crippen LogP contribution is -2.67. The zero-order chi connectivity index (χ0) is 65.0. The zero-order valence-electron chi connectivity index (χ0n) is 49.9. The highest BCUT2D eigenvalue weighted by Crippen LogP contribution is 2.75. The Hall–Kier alpha value is -2.09. The largest absolute Gasteiger partial charge is 0.458 e. The van der Waals surface area contributed by atoms with Gasteiger partial charge in [0, 0.05) is 13.5 Å². The smallest absolute Gasteiger partial charge is 0.397 e. The summed E-state index contributed by atoms with van der Waals surface area (Å²) in [6.45, 7) is 14.7. The molecular formula is C54H86O31S3. The molecule has 506 valence electrons. The van der Waals surface area contributed by atoms with Crippen LogP contribution in [-0.4, -0.2) is 242 Å². The van der Waals surface area contributed by atoms with Crippen LogP contribution < -0.4 is 0 Å². The number of allylic oxidation sites excluding steroid dienone is 3. The maximum absolute atomic E-state index is 14.4.